The second-order valence-corrected chi connectivity index (χ2v) is 4.99. The lowest BCUT2D eigenvalue weighted by atomic mass is 10.3. The maximum absolute atomic E-state index is 13.2. The largest absolute Gasteiger partial charge is 0.338 e. The van der Waals surface area contributed by atoms with E-state index in [1.807, 2.05) is 0 Å². The van der Waals surface area contributed by atoms with Crippen LogP contribution in [0.2, 0.25) is 5.02 Å². The van der Waals surface area contributed by atoms with Gasteiger partial charge in [-0.3, -0.25) is 10.1 Å². The monoisotopic (exact) mass is 332 g/mol. The fourth-order valence-electron chi connectivity index (χ4n) is 1.87. The van der Waals surface area contributed by atoms with Gasteiger partial charge in [-0.05, 0) is 18.2 Å². The van der Waals surface area contributed by atoms with Crippen molar-refractivity contribution >= 4 is 46.0 Å². The van der Waals surface area contributed by atoms with Crippen molar-refractivity contribution in [3.05, 3.63) is 41.6 Å². The Balaban J connectivity index is 2.01. The minimum absolute atomic E-state index is 0.0121. The summed E-state index contributed by atoms with van der Waals surface area (Å²) in [6.07, 6.45) is 2.81. The number of rotatable bonds is 3. The van der Waals surface area contributed by atoms with Gasteiger partial charge in [0, 0.05) is 12.6 Å². The lowest BCUT2D eigenvalue weighted by Crippen LogP contribution is -2.09. The van der Waals surface area contributed by atoms with Gasteiger partial charge in [0.2, 0.25) is 11.9 Å². The smallest absolute Gasteiger partial charge is 0.230 e. The molecule has 0 saturated carbocycles. The Hall–Kier alpha value is -2.87. The molecule has 0 atom stereocenters. The molecule has 1 aromatic carbocycles. The fourth-order valence-corrected chi connectivity index (χ4v) is 2.05. The number of benzene rings is 1. The summed E-state index contributed by atoms with van der Waals surface area (Å²) in [6, 6.07) is 4.19. The molecule has 0 fully saturated rings. The quantitative estimate of drug-likeness (QED) is 0.766. The van der Waals surface area contributed by atoms with Gasteiger partial charge in [0.25, 0.3) is 0 Å². The number of carbonyl (C=O) groups is 1. The zero-order valence-corrected chi connectivity index (χ0v) is 12.6. The standard InChI is InChI=1S/C14H10ClFN6O/c1-7(23)20-14-17-5-11-12(22-14)13(19-6-18-11)21-8-2-3-10(16)9(15)4-8/h2-6H,1H3,(H,18,19,21)(H,17,20,22,23). The van der Waals surface area contributed by atoms with Crippen LogP contribution >= 0.6 is 11.6 Å². The van der Waals surface area contributed by atoms with E-state index >= 15 is 0 Å². The van der Waals surface area contributed by atoms with Crippen molar-refractivity contribution < 1.29 is 9.18 Å². The Morgan fingerprint density at radius 1 is 1.26 bits per heavy atom. The first-order valence-corrected chi connectivity index (χ1v) is 6.88. The van der Waals surface area contributed by atoms with Crippen LogP contribution in [-0.4, -0.2) is 25.8 Å². The number of fused-ring (bicyclic) bond motifs is 1. The normalized spacial score (nSPS) is 10.6. The summed E-state index contributed by atoms with van der Waals surface area (Å²) >= 11 is 5.76. The second-order valence-electron chi connectivity index (χ2n) is 4.58. The molecule has 2 heterocycles. The van der Waals surface area contributed by atoms with Crippen molar-refractivity contribution in [2.24, 2.45) is 0 Å². The molecule has 3 rings (SSSR count). The number of anilines is 3. The summed E-state index contributed by atoms with van der Waals surface area (Å²) < 4.78 is 13.2. The number of carbonyl (C=O) groups excluding carboxylic acids is 1. The van der Waals surface area contributed by atoms with Gasteiger partial charge in [-0.25, -0.2) is 24.3 Å². The first kappa shape index (κ1) is 15.0. The van der Waals surface area contributed by atoms with Crippen LogP contribution in [0.15, 0.2) is 30.7 Å². The fraction of sp³-hybridized carbons (Fsp3) is 0.0714. The van der Waals surface area contributed by atoms with E-state index < -0.39 is 5.82 Å². The lowest BCUT2D eigenvalue weighted by molar-refractivity contribution is -0.114. The molecule has 0 unspecified atom stereocenters. The van der Waals surface area contributed by atoms with Gasteiger partial charge >= 0.3 is 0 Å². The number of hydrogen-bond donors (Lipinski definition) is 2. The first-order chi connectivity index (χ1) is 11.0. The third-order valence-electron chi connectivity index (χ3n) is 2.85. The highest BCUT2D eigenvalue weighted by Gasteiger charge is 2.10. The molecule has 23 heavy (non-hydrogen) atoms. The molecule has 0 aliphatic carbocycles. The lowest BCUT2D eigenvalue weighted by Gasteiger charge is -2.09. The van der Waals surface area contributed by atoms with Gasteiger partial charge in [0.15, 0.2) is 5.82 Å². The van der Waals surface area contributed by atoms with Crippen LogP contribution in [0.1, 0.15) is 6.92 Å². The molecule has 3 aromatic rings. The predicted molar refractivity (Wildman–Crippen MR) is 84.1 cm³/mol. The van der Waals surface area contributed by atoms with E-state index in [9.17, 15) is 9.18 Å². The topological polar surface area (TPSA) is 92.7 Å². The van der Waals surface area contributed by atoms with Gasteiger partial charge in [0.1, 0.15) is 23.2 Å². The number of halogens is 2. The first-order valence-electron chi connectivity index (χ1n) is 6.50. The van der Waals surface area contributed by atoms with E-state index in [2.05, 4.69) is 30.6 Å². The van der Waals surface area contributed by atoms with E-state index in [0.717, 1.165) is 0 Å². The molecule has 0 saturated heterocycles. The molecule has 0 aliphatic heterocycles. The van der Waals surface area contributed by atoms with Gasteiger partial charge in [0.05, 0.1) is 11.2 Å². The summed E-state index contributed by atoms with van der Waals surface area (Å²) in [6.45, 7) is 1.36. The van der Waals surface area contributed by atoms with Crippen molar-refractivity contribution in [1.82, 2.24) is 19.9 Å². The maximum Gasteiger partial charge on any atom is 0.230 e. The van der Waals surface area contributed by atoms with E-state index in [1.54, 1.807) is 0 Å². The second kappa shape index (κ2) is 6.09. The summed E-state index contributed by atoms with van der Waals surface area (Å²) in [5, 5.41) is 5.47. The van der Waals surface area contributed by atoms with Gasteiger partial charge in [-0.1, -0.05) is 11.6 Å². The third kappa shape index (κ3) is 3.32. The Labute approximate surface area is 135 Å². The molecular formula is C14H10ClFN6O. The Morgan fingerprint density at radius 3 is 2.83 bits per heavy atom. The van der Waals surface area contributed by atoms with Crippen LogP contribution in [0.5, 0.6) is 0 Å². The Morgan fingerprint density at radius 2 is 2.09 bits per heavy atom. The van der Waals surface area contributed by atoms with Crippen LogP contribution < -0.4 is 10.6 Å². The number of nitrogens with one attached hydrogen (secondary N) is 2. The zero-order chi connectivity index (χ0) is 16.4. The minimum Gasteiger partial charge on any atom is -0.338 e. The summed E-state index contributed by atoms with van der Waals surface area (Å²) in [7, 11) is 0. The Kier molecular flexibility index (Phi) is 3.98. The van der Waals surface area contributed by atoms with E-state index in [0.29, 0.717) is 22.5 Å². The number of amides is 1. The number of aromatic nitrogens is 4. The van der Waals surface area contributed by atoms with Crippen molar-refractivity contribution in [1.29, 1.82) is 0 Å². The molecule has 0 bridgehead atoms. The minimum atomic E-state index is -0.514. The average molecular weight is 333 g/mol. The molecule has 0 aliphatic rings. The SMILES string of the molecule is CC(=O)Nc1ncc2ncnc(Nc3ccc(F)c(Cl)c3)c2n1. The van der Waals surface area contributed by atoms with Crippen molar-refractivity contribution in [2.75, 3.05) is 10.6 Å². The van der Waals surface area contributed by atoms with Crippen molar-refractivity contribution in [3.63, 3.8) is 0 Å². The molecule has 116 valence electrons. The summed E-state index contributed by atoms with van der Waals surface area (Å²) in [5.41, 5.74) is 1.44. The summed E-state index contributed by atoms with van der Waals surface area (Å²) in [5.74, 6) is -0.285. The molecule has 0 radical (unpaired) electrons. The molecule has 2 aromatic heterocycles. The number of hydrogen-bond acceptors (Lipinski definition) is 6. The molecule has 2 N–H and O–H groups in total. The molecule has 1 amide bonds. The Bertz CT molecular complexity index is 904. The van der Waals surface area contributed by atoms with E-state index in [-0.39, 0.29) is 16.9 Å². The van der Waals surface area contributed by atoms with Gasteiger partial charge in [-0.2, -0.15) is 0 Å². The highest BCUT2D eigenvalue weighted by molar-refractivity contribution is 6.31. The van der Waals surface area contributed by atoms with Crippen molar-refractivity contribution in [3.8, 4) is 0 Å². The van der Waals surface area contributed by atoms with Gasteiger partial charge in [-0.15, -0.1) is 0 Å². The van der Waals surface area contributed by atoms with Gasteiger partial charge < -0.3 is 5.32 Å². The van der Waals surface area contributed by atoms with Crippen molar-refractivity contribution in [2.45, 2.75) is 6.92 Å². The zero-order valence-electron chi connectivity index (χ0n) is 11.8. The highest BCUT2D eigenvalue weighted by atomic mass is 35.5. The maximum atomic E-state index is 13.2. The van der Waals surface area contributed by atoms with Crippen LogP contribution in [0, 0.1) is 5.82 Å². The average Bonchev–Trinajstić information content (AvgIpc) is 2.51. The molecule has 9 heteroatoms. The highest BCUT2D eigenvalue weighted by Crippen LogP contribution is 2.25. The summed E-state index contributed by atoms with van der Waals surface area (Å²) in [4.78, 5) is 27.5. The third-order valence-corrected chi connectivity index (χ3v) is 3.14. The molecular weight excluding hydrogens is 323 g/mol. The van der Waals surface area contributed by atoms with Crippen LogP contribution in [0.3, 0.4) is 0 Å². The van der Waals surface area contributed by atoms with Crippen LogP contribution in [0.4, 0.5) is 21.8 Å². The van der Waals surface area contributed by atoms with E-state index in [1.165, 1.54) is 37.6 Å². The predicted octanol–water partition coefficient (Wildman–Crippen LogP) is 2.91. The number of nitrogens with zero attached hydrogens (tertiary/aromatic N) is 4. The van der Waals surface area contributed by atoms with Crippen LogP contribution in [0.25, 0.3) is 11.0 Å². The van der Waals surface area contributed by atoms with E-state index in [4.69, 9.17) is 11.6 Å². The molecule has 7 nitrogen and oxygen atoms in total. The molecule has 0 spiro atoms. The van der Waals surface area contributed by atoms with Crippen LogP contribution in [-0.2, 0) is 4.79 Å².